The van der Waals surface area contributed by atoms with Crippen LogP contribution in [-0.2, 0) is 13.6 Å². The van der Waals surface area contributed by atoms with E-state index in [2.05, 4.69) is 53.6 Å². The van der Waals surface area contributed by atoms with E-state index in [9.17, 15) is 0 Å². The summed E-state index contributed by atoms with van der Waals surface area (Å²) in [5.41, 5.74) is 2.23. The zero-order chi connectivity index (χ0) is 16.7. The van der Waals surface area contributed by atoms with Crippen molar-refractivity contribution in [3.05, 3.63) is 58.3 Å². The standard InChI is InChI=1S/C18H21BrN4/c1-20-18(21-11-7-10-15-8-5-4-6-9-15)23(3)14-17-12-16(19)13-22(17)2/h4-6,8-9,12-13H,11,14H2,1-3H3,(H,20,21). The molecule has 0 amide bonds. The quantitative estimate of drug-likeness (QED) is 0.510. The third-order valence-corrected chi connectivity index (χ3v) is 3.82. The number of guanidine groups is 1. The van der Waals surface area contributed by atoms with Crippen molar-refractivity contribution >= 4 is 21.9 Å². The van der Waals surface area contributed by atoms with E-state index in [0.717, 1.165) is 22.5 Å². The summed E-state index contributed by atoms with van der Waals surface area (Å²) in [5, 5.41) is 3.27. The molecule has 0 aliphatic carbocycles. The van der Waals surface area contributed by atoms with Crippen molar-refractivity contribution in [2.24, 2.45) is 12.0 Å². The fourth-order valence-electron chi connectivity index (χ4n) is 2.22. The molecular weight excluding hydrogens is 352 g/mol. The zero-order valence-electron chi connectivity index (χ0n) is 13.7. The normalized spacial score (nSPS) is 10.9. The highest BCUT2D eigenvalue weighted by molar-refractivity contribution is 9.10. The number of halogens is 1. The van der Waals surface area contributed by atoms with Crippen LogP contribution < -0.4 is 5.32 Å². The SMILES string of the molecule is CN=C(NCC#Cc1ccccc1)N(C)Cc1cc(Br)cn1C. The van der Waals surface area contributed by atoms with Crippen molar-refractivity contribution in [1.82, 2.24) is 14.8 Å². The first-order chi connectivity index (χ1) is 11.1. The molecule has 1 aromatic heterocycles. The number of nitrogens with one attached hydrogen (secondary N) is 1. The smallest absolute Gasteiger partial charge is 0.194 e. The molecule has 0 unspecified atom stereocenters. The predicted molar refractivity (Wildman–Crippen MR) is 99.3 cm³/mol. The maximum absolute atomic E-state index is 4.31. The summed E-state index contributed by atoms with van der Waals surface area (Å²) in [7, 11) is 5.83. The van der Waals surface area contributed by atoms with Crippen LogP contribution in [0.15, 0.2) is 52.1 Å². The summed E-state index contributed by atoms with van der Waals surface area (Å²) in [4.78, 5) is 6.38. The molecule has 1 heterocycles. The summed E-state index contributed by atoms with van der Waals surface area (Å²) in [5.74, 6) is 7.07. The molecule has 4 nitrogen and oxygen atoms in total. The molecule has 0 spiro atoms. The van der Waals surface area contributed by atoms with Crippen LogP contribution >= 0.6 is 15.9 Å². The number of hydrogen-bond acceptors (Lipinski definition) is 1. The average Bonchev–Trinajstić information content (AvgIpc) is 2.85. The Labute approximate surface area is 146 Å². The molecule has 0 atom stereocenters. The number of nitrogens with zero attached hydrogens (tertiary/aromatic N) is 3. The number of benzene rings is 1. The van der Waals surface area contributed by atoms with Crippen molar-refractivity contribution < 1.29 is 0 Å². The Hall–Kier alpha value is -2.19. The van der Waals surface area contributed by atoms with Gasteiger partial charge in [-0.15, -0.1) is 0 Å². The number of hydrogen-bond donors (Lipinski definition) is 1. The van der Waals surface area contributed by atoms with Crippen LogP contribution in [0.1, 0.15) is 11.3 Å². The lowest BCUT2D eigenvalue weighted by Gasteiger charge is -2.21. The third-order valence-electron chi connectivity index (χ3n) is 3.39. The summed E-state index contributed by atoms with van der Waals surface area (Å²) < 4.78 is 3.18. The second-order valence-electron chi connectivity index (χ2n) is 5.19. The van der Waals surface area contributed by atoms with E-state index in [0.29, 0.717) is 6.54 Å². The van der Waals surface area contributed by atoms with Gasteiger partial charge in [-0.25, -0.2) is 0 Å². The molecule has 0 saturated heterocycles. The fourth-order valence-corrected chi connectivity index (χ4v) is 2.79. The molecule has 0 bridgehead atoms. The number of aliphatic imine (C=N–C) groups is 1. The summed E-state index contributed by atoms with van der Waals surface area (Å²) in [6.45, 7) is 1.33. The molecule has 2 rings (SSSR count). The Bertz CT molecular complexity index is 722. The van der Waals surface area contributed by atoms with E-state index in [-0.39, 0.29) is 0 Å². The first-order valence-corrected chi connectivity index (χ1v) is 8.16. The van der Waals surface area contributed by atoms with Gasteiger partial charge >= 0.3 is 0 Å². The topological polar surface area (TPSA) is 32.6 Å². The van der Waals surface area contributed by atoms with E-state index < -0.39 is 0 Å². The monoisotopic (exact) mass is 372 g/mol. The van der Waals surface area contributed by atoms with E-state index in [4.69, 9.17) is 0 Å². The first-order valence-electron chi connectivity index (χ1n) is 7.36. The average molecular weight is 373 g/mol. The summed E-state index contributed by atoms with van der Waals surface area (Å²) in [6, 6.07) is 12.1. The molecule has 0 aliphatic rings. The van der Waals surface area contributed by atoms with Crippen LogP contribution in [0.25, 0.3) is 0 Å². The predicted octanol–water partition coefficient (Wildman–Crippen LogP) is 2.85. The Balaban J connectivity index is 1.90. The van der Waals surface area contributed by atoms with Crippen LogP contribution in [0.5, 0.6) is 0 Å². The highest BCUT2D eigenvalue weighted by Gasteiger charge is 2.08. The van der Waals surface area contributed by atoms with Gasteiger partial charge in [0.15, 0.2) is 5.96 Å². The summed E-state index contributed by atoms with van der Waals surface area (Å²) in [6.07, 6.45) is 2.05. The van der Waals surface area contributed by atoms with Gasteiger partial charge in [0.25, 0.3) is 0 Å². The molecular formula is C18H21BrN4. The Morgan fingerprint density at radius 3 is 2.70 bits per heavy atom. The summed E-state index contributed by atoms with van der Waals surface area (Å²) >= 11 is 3.50. The third kappa shape index (κ3) is 5.19. The lowest BCUT2D eigenvalue weighted by molar-refractivity contribution is 0.465. The van der Waals surface area contributed by atoms with Crippen molar-refractivity contribution in [1.29, 1.82) is 0 Å². The molecule has 0 saturated carbocycles. The van der Waals surface area contributed by atoms with Crippen molar-refractivity contribution in [3.8, 4) is 11.8 Å². The van der Waals surface area contributed by atoms with Crippen LogP contribution in [0.2, 0.25) is 0 Å². The molecule has 0 fully saturated rings. The zero-order valence-corrected chi connectivity index (χ0v) is 15.3. The van der Waals surface area contributed by atoms with Crippen LogP contribution in [0.3, 0.4) is 0 Å². The van der Waals surface area contributed by atoms with Gasteiger partial charge in [-0.05, 0) is 34.1 Å². The number of aryl methyl sites for hydroxylation is 1. The van der Waals surface area contributed by atoms with Crippen LogP contribution in [-0.4, -0.2) is 36.1 Å². The van der Waals surface area contributed by atoms with Crippen molar-refractivity contribution in [2.75, 3.05) is 20.6 Å². The maximum atomic E-state index is 4.31. The van der Waals surface area contributed by atoms with Crippen molar-refractivity contribution in [3.63, 3.8) is 0 Å². The van der Waals surface area contributed by atoms with E-state index in [1.807, 2.05) is 50.6 Å². The van der Waals surface area contributed by atoms with Gasteiger partial charge in [0.2, 0.25) is 0 Å². The van der Waals surface area contributed by atoms with E-state index >= 15 is 0 Å². The van der Waals surface area contributed by atoms with Gasteiger partial charge in [-0.1, -0.05) is 30.0 Å². The van der Waals surface area contributed by atoms with E-state index in [1.54, 1.807) is 7.05 Å². The minimum atomic E-state index is 0.558. The fraction of sp³-hybridized carbons (Fsp3) is 0.278. The highest BCUT2D eigenvalue weighted by Crippen LogP contribution is 2.14. The minimum Gasteiger partial charge on any atom is -0.352 e. The Morgan fingerprint density at radius 1 is 1.35 bits per heavy atom. The second-order valence-corrected chi connectivity index (χ2v) is 6.10. The minimum absolute atomic E-state index is 0.558. The van der Waals surface area contributed by atoms with Gasteiger partial charge < -0.3 is 14.8 Å². The number of aromatic nitrogens is 1. The van der Waals surface area contributed by atoms with Crippen molar-refractivity contribution in [2.45, 2.75) is 6.54 Å². The molecule has 5 heteroatoms. The molecule has 23 heavy (non-hydrogen) atoms. The molecule has 120 valence electrons. The Kier molecular flexibility index (Phi) is 6.30. The molecule has 0 aliphatic heterocycles. The second kappa shape index (κ2) is 8.44. The largest absolute Gasteiger partial charge is 0.352 e. The molecule has 1 aromatic carbocycles. The van der Waals surface area contributed by atoms with Crippen LogP contribution in [0.4, 0.5) is 0 Å². The van der Waals surface area contributed by atoms with Gasteiger partial charge in [0.1, 0.15) is 0 Å². The highest BCUT2D eigenvalue weighted by atomic mass is 79.9. The van der Waals surface area contributed by atoms with Gasteiger partial charge in [0, 0.05) is 43.1 Å². The Morgan fingerprint density at radius 2 is 2.09 bits per heavy atom. The van der Waals surface area contributed by atoms with Gasteiger partial charge in [-0.2, -0.15) is 0 Å². The van der Waals surface area contributed by atoms with Gasteiger partial charge in [-0.3, -0.25) is 4.99 Å². The molecule has 0 radical (unpaired) electrons. The lowest BCUT2D eigenvalue weighted by Crippen LogP contribution is -2.38. The first kappa shape index (κ1) is 17.2. The lowest BCUT2D eigenvalue weighted by atomic mass is 10.2. The molecule has 1 N–H and O–H groups in total. The van der Waals surface area contributed by atoms with Gasteiger partial charge in [0.05, 0.1) is 13.1 Å². The van der Waals surface area contributed by atoms with Crippen LogP contribution in [0, 0.1) is 11.8 Å². The molecule has 2 aromatic rings. The maximum Gasteiger partial charge on any atom is 0.194 e. The van der Waals surface area contributed by atoms with E-state index in [1.165, 1.54) is 5.69 Å². The number of rotatable bonds is 3.